The Morgan fingerprint density at radius 3 is 3.03 bits per heavy atom. The van der Waals surface area contributed by atoms with Crippen molar-refractivity contribution in [1.82, 2.24) is 24.7 Å². The molecular weight excluding hydrogens is 374 g/mol. The van der Waals surface area contributed by atoms with E-state index in [0.717, 1.165) is 53.9 Å². The van der Waals surface area contributed by atoms with Gasteiger partial charge in [0.1, 0.15) is 11.5 Å². The number of aromatic amines is 1. The molecule has 0 spiro atoms. The molecule has 2 atom stereocenters. The van der Waals surface area contributed by atoms with E-state index in [2.05, 4.69) is 40.4 Å². The lowest BCUT2D eigenvalue weighted by molar-refractivity contribution is -0.122. The second-order valence-corrected chi connectivity index (χ2v) is 8.47. The summed E-state index contributed by atoms with van der Waals surface area (Å²) in [6.45, 7) is 2.06. The quantitative estimate of drug-likeness (QED) is 0.524. The van der Waals surface area contributed by atoms with Crippen molar-refractivity contribution in [3.05, 3.63) is 65.9 Å². The first-order valence-corrected chi connectivity index (χ1v) is 10.8. The van der Waals surface area contributed by atoms with Crippen LogP contribution in [0, 0.1) is 6.92 Å². The van der Waals surface area contributed by atoms with Crippen LogP contribution in [0.5, 0.6) is 0 Å². The molecule has 3 heterocycles. The molecule has 1 saturated carbocycles. The van der Waals surface area contributed by atoms with E-state index < -0.39 is 0 Å². The van der Waals surface area contributed by atoms with E-state index in [0.29, 0.717) is 18.8 Å². The van der Waals surface area contributed by atoms with E-state index in [1.165, 1.54) is 5.56 Å². The predicted octanol–water partition coefficient (Wildman–Crippen LogP) is 4.29. The highest BCUT2D eigenvalue weighted by molar-refractivity contribution is 5.76. The number of hydrogen-bond acceptors (Lipinski definition) is 3. The van der Waals surface area contributed by atoms with E-state index in [-0.39, 0.29) is 11.9 Å². The summed E-state index contributed by atoms with van der Waals surface area (Å²) in [7, 11) is 0. The monoisotopic (exact) mass is 401 g/mol. The molecule has 154 valence electrons. The Morgan fingerprint density at radius 2 is 2.13 bits per heavy atom. The number of nitrogens with one attached hydrogen (secondary N) is 2. The van der Waals surface area contributed by atoms with Gasteiger partial charge in [-0.1, -0.05) is 18.6 Å². The molecule has 0 radical (unpaired) electrons. The molecule has 0 bridgehead atoms. The Kier molecular flexibility index (Phi) is 4.99. The van der Waals surface area contributed by atoms with Gasteiger partial charge in [0.05, 0.1) is 16.7 Å². The predicted molar refractivity (Wildman–Crippen MR) is 117 cm³/mol. The number of amides is 1. The second kappa shape index (κ2) is 7.94. The number of carbonyl (C=O) groups is 1. The van der Waals surface area contributed by atoms with E-state index in [9.17, 15) is 4.79 Å². The molecule has 30 heavy (non-hydrogen) atoms. The van der Waals surface area contributed by atoms with Crippen LogP contribution in [-0.4, -0.2) is 31.3 Å². The van der Waals surface area contributed by atoms with Gasteiger partial charge in [0.2, 0.25) is 5.91 Å². The van der Waals surface area contributed by atoms with Crippen LogP contribution < -0.4 is 5.32 Å². The number of rotatable bonds is 5. The summed E-state index contributed by atoms with van der Waals surface area (Å²) in [5.41, 5.74) is 5.18. The number of pyridine rings is 1. The van der Waals surface area contributed by atoms with Gasteiger partial charge in [-0.15, -0.1) is 0 Å². The lowest BCUT2D eigenvalue weighted by Gasteiger charge is -2.28. The summed E-state index contributed by atoms with van der Waals surface area (Å²) in [4.78, 5) is 25.4. The zero-order valence-electron chi connectivity index (χ0n) is 17.3. The molecule has 1 fully saturated rings. The number of benzene rings is 1. The van der Waals surface area contributed by atoms with Crippen molar-refractivity contribution in [2.24, 2.45) is 0 Å². The molecule has 1 aliphatic carbocycles. The highest BCUT2D eigenvalue weighted by Crippen LogP contribution is 2.32. The Hall–Kier alpha value is -3.15. The van der Waals surface area contributed by atoms with E-state index in [1.807, 2.05) is 35.0 Å². The smallest absolute Gasteiger partial charge is 0.220 e. The minimum Gasteiger partial charge on any atom is -0.353 e. The van der Waals surface area contributed by atoms with Gasteiger partial charge in [0.15, 0.2) is 0 Å². The largest absolute Gasteiger partial charge is 0.353 e. The van der Waals surface area contributed by atoms with E-state index in [4.69, 9.17) is 4.98 Å². The molecule has 1 aliphatic rings. The van der Waals surface area contributed by atoms with Gasteiger partial charge < -0.3 is 14.7 Å². The van der Waals surface area contributed by atoms with E-state index >= 15 is 0 Å². The fourth-order valence-corrected chi connectivity index (χ4v) is 4.53. The number of fused-ring (bicyclic) bond motifs is 2. The summed E-state index contributed by atoms with van der Waals surface area (Å²) in [6, 6.07) is 12.5. The molecular formula is C24H27N5O. The number of H-pyrrole nitrogens is 1. The molecule has 6 heteroatoms. The Morgan fingerprint density at radius 1 is 1.23 bits per heavy atom. The highest BCUT2D eigenvalue weighted by Gasteiger charge is 2.26. The minimum atomic E-state index is 0.110. The Balaban J connectivity index is 1.18. The lowest BCUT2D eigenvalue weighted by Crippen LogP contribution is -2.38. The molecule has 2 unspecified atom stereocenters. The summed E-state index contributed by atoms with van der Waals surface area (Å²) in [5, 5.41) is 3.25. The summed E-state index contributed by atoms with van der Waals surface area (Å²) in [6.07, 6.45) is 9.36. The molecule has 2 N–H and O–H groups in total. The van der Waals surface area contributed by atoms with Crippen molar-refractivity contribution < 1.29 is 4.79 Å². The molecule has 1 amide bonds. The maximum absolute atomic E-state index is 12.6. The summed E-state index contributed by atoms with van der Waals surface area (Å²) in [5.74, 6) is 1.53. The summed E-state index contributed by atoms with van der Waals surface area (Å²) < 4.78 is 2.01. The van der Waals surface area contributed by atoms with E-state index in [1.54, 1.807) is 0 Å². The highest BCUT2D eigenvalue weighted by atomic mass is 16.1. The average Bonchev–Trinajstić information content (AvgIpc) is 3.36. The van der Waals surface area contributed by atoms with Crippen molar-refractivity contribution in [1.29, 1.82) is 0 Å². The molecule has 0 aliphatic heterocycles. The van der Waals surface area contributed by atoms with Gasteiger partial charge in [-0.3, -0.25) is 4.79 Å². The van der Waals surface area contributed by atoms with Crippen molar-refractivity contribution in [3.63, 3.8) is 0 Å². The third-order valence-corrected chi connectivity index (χ3v) is 6.11. The molecule has 3 aromatic heterocycles. The third-order valence-electron chi connectivity index (χ3n) is 6.11. The van der Waals surface area contributed by atoms with Gasteiger partial charge in [0, 0.05) is 30.8 Å². The van der Waals surface area contributed by atoms with Gasteiger partial charge in [-0.2, -0.15) is 0 Å². The topological polar surface area (TPSA) is 75.1 Å². The molecule has 5 rings (SSSR count). The number of aryl methyl sites for hydroxylation is 2. The van der Waals surface area contributed by atoms with Crippen LogP contribution >= 0.6 is 0 Å². The van der Waals surface area contributed by atoms with Crippen molar-refractivity contribution in [2.75, 3.05) is 0 Å². The van der Waals surface area contributed by atoms with Crippen LogP contribution in [0.4, 0.5) is 0 Å². The maximum Gasteiger partial charge on any atom is 0.220 e. The molecule has 0 saturated heterocycles. The number of carbonyl (C=O) groups excluding carboxylic acids is 1. The Labute approximate surface area is 175 Å². The average molecular weight is 402 g/mol. The van der Waals surface area contributed by atoms with Gasteiger partial charge in [-0.05, 0) is 62.4 Å². The standard InChI is InChI=1S/C24H27N5O/c1-16-11-12-29-15-19(25-22(29)13-16)9-10-23(30)26-18-6-4-5-17(14-18)24-27-20-7-2-3-8-21(20)28-24/h2-3,7-8,11-13,15,17-18H,4-6,9-10,14H2,1H3,(H,26,30)(H,27,28). The molecule has 1 aromatic carbocycles. The van der Waals surface area contributed by atoms with Gasteiger partial charge in [0.25, 0.3) is 0 Å². The normalized spacial score (nSPS) is 19.4. The first-order valence-electron chi connectivity index (χ1n) is 10.8. The molecule has 6 nitrogen and oxygen atoms in total. The van der Waals surface area contributed by atoms with Crippen LogP contribution in [0.3, 0.4) is 0 Å². The summed E-state index contributed by atoms with van der Waals surface area (Å²) >= 11 is 0. The fraction of sp³-hybridized carbons (Fsp3) is 0.375. The van der Waals surface area contributed by atoms with Crippen molar-refractivity contribution >= 4 is 22.6 Å². The van der Waals surface area contributed by atoms with Gasteiger partial charge >= 0.3 is 0 Å². The van der Waals surface area contributed by atoms with Crippen LogP contribution in [0.2, 0.25) is 0 Å². The first-order chi connectivity index (χ1) is 14.6. The number of nitrogens with zero attached hydrogens (tertiary/aromatic N) is 3. The number of imidazole rings is 2. The zero-order valence-corrected chi connectivity index (χ0v) is 17.3. The lowest BCUT2D eigenvalue weighted by atomic mass is 9.85. The van der Waals surface area contributed by atoms with Crippen LogP contribution in [-0.2, 0) is 11.2 Å². The van der Waals surface area contributed by atoms with Crippen LogP contribution in [0.15, 0.2) is 48.8 Å². The van der Waals surface area contributed by atoms with Gasteiger partial charge in [-0.25, -0.2) is 9.97 Å². The number of hydrogen-bond donors (Lipinski definition) is 2. The Bertz CT molecular complexity index is 1160. The molecule has 4 aromatic rings. The van der Waals surface area contributed by atoms with Crippen molar-refractivity contribution in [3.8, 4) is 0 Å². The number of aromatic nitrogens is 4. The van der Waals surface area contributed by atoms with Crippen LogP contribution in [0.1, 0.15) is 55.1 Å². The first kappa shape index (κ1) is 18.9. The minimum absolute atomic E-state index is 0.110. The SMILES string of the molecule is Cc1ccn2cc(CCC(=O)NC3CCCC(c4nc5ccccc5[nH]4)C3)nc2c1. The second-order valence-electron chi connectivity index (χ2n) is 8.47. The fourth-order valence-electron chi connectivity index (χ4n) is 4.53. The van der Waals surface area contributed by atoms with Crippen LogP contribution in [0.25, 0.3) is 16.7 Å². The zero-order chi connectivity index (χ0) is 20.5. The number of para-hydroxylation sites is 2. The van der Waals surface area contributed by atoms with Crippen molar-refractivity contribution in [2.45, 2.75) is 57.4 Å². The maximum atomic E-state index is 12.6. The third kappa shape index (κ3) is 3.95.